The molecule has 0 saturated carbocycles. The fourth-order valence-corrected chi connectivity index (χ4v) is 1.51. The molecule has 0 unspecified atom stereocenters. The number of imidazole rings is 1. The summed E-state index contributed by atoms with van der Waals surface area (Å²) in [6.45, 7) is 2.00. The summed E-state index contributed by atoms with van der Waals surface area (Å²) in [6.07, 6.45) is 3.34. The van der Waals surface area contributed by atoms with Crippen molar-refractivity contribution in [1.29, 1.82) is 0 Å². The molecule has 2 aromatic rings. The lowest BCUT2D eigenvalue weighted by Crippen LogP contribution is -2.08. The van der Waals surface area contributed by atoms with Crippen LogP contribution in [0, 0.1) is 6.92 Å². The monoisotopic (exact) mass is 268 g/mol. The molecule has 2 rings (SSSR count). The van der Waals surface area contributed by atoms with E-state index in [-0.39, 0.29) is 36.2 Å². The number of nitrogens with zero attached hydrogens (tertiary/aromatic N) is 2. The first-order valence-corrected chi connectivity index (χ1v) is 5.10. The van der Waals surface area contributed by atoms with Gasteiger partial charge in [-0.2, -0.15) is 0 Å². The van der Waals surface area contributed by atoms with Crippen LogP contribution in [0.2, 0.25) is 0 Å². The van der Waals surface area contributed by atoms with Crippen LogP contribution in [0.15, 0.2) is 30.7 Å². The number of phenolic OH excluding ortho intramolecular Hbond substituents is 2. The largest absolute Gasteiger partial charge is 0.504 e. The molecule has 0 fully saturated rings. The molecule has 0 radical (unpaired) electrons. The molecule has 0 atom stereocenters. The minimum Gasteiger partial charge on any atom is -0.504 e. The fourth-order valence-electron chi connectivity index (χ4n) is 1.51. The molecule has 1 aromatic heterocycles. The number of hydrogen-bond acceptors (Lipinski definition) is 4. The van der Waals surface area contributed by atoms with E-state index in [1.807, 2.05) is 6.92 Å². The predicted molar refractivity (Wildman–Crippen MR) is 68.3 cm³/mol. The Morgan fingerprint density at radius 3 is 2.61 bits per heavy atom. The highest BCUT2D eigenvalue weighted by Gasteiger charge is 2.09. The van der Waals surface area contributed by atoms with Gasteiger partial charge in [-0.05, 0) is 25.1 Å². The highest BCUT2D eigenvalue weighted by Crippen LogP contribution is 2.25. The number of ketones is 1. The summed E-state index contributed by atoms with van der Waals surface area (Å²) in [5.41, 5.74) is 1.19. The van der Waals surface area contributed by atoms with Crippen molar-refractivity contribution in [1.82, 2.24) is 9.55 Å². The highest BCUT2D eigenvalue weighted by atomic mass is 35.5. The summed E-state index contributed by atoms with van der Waals surface area (Å²) < 4.78 is 1.67. The number of aromatic nitrogens is 2. The number of phenols is 2. The molecule has 0 spiro atoms. The average Bonchev–Trinajstić information content (AvgIpc) is 2.68. The Morgan fingerprint density at radius 1 is 1.33 bits per heavy atom. The van der Waals surface area contributed by atoms with Gasteiger partial charge < -0.3 is 14.8 Å². The SMILES string of the molecule is Cc1cn(CC(=O)c2ccc(O)c(O)c2)cn1.Cl. The number of aromatic hydroxyl groups is 2. The Labute approximate surface area is 110 Å². The van der Waals surface area contributed by atoms with E-state index in [2.05, 4.69) is 4.98 Å². The molecule has 6 heteroatoms. The van der Waals surface area contributed by atoms with Gasteiger partial charge in [-0.1, -0.05) is 0 Å². The average molecular weight is 269 g/mol. The van der Waals surface area contributed by atoms with Crippen molar-refractivity contribution in [3.8, 4) is 11.5 Å². The zero-order valence-electron chi connectivity index (χ0n) is 9.70. The number of rotatable bonds is 3. The molecular formula is C12H13ClN2O3. The smallest absolute Gasteiger partial charge is 0.182 e. The minimum atomic E-state index is -0.294. The molecule has 0 bridgehead atoms. The third kappa shape index (κ3) is 3.01. The third-order valence-electron chi connectivity index (χ3n) is 2.39. The summed E-state index contributed by atoms with van der Waals surface area (Å²) in [4.78, 5) is 15.9. The quantitative estimate of drug-likeness (QED) is 0.659. The lowest BCUT2D eigenvalue weighted by atomic mass is 10.1. The Kier molecular flexibility index (Phi) is 4.33. The predicted octanol–water partition coefficient (Wildman–Crippen LogP) is 1.91. The van der Waals surface area contributed by atoms with E-state index in [4.69, 9.17) is 5.11 Å². The van der Waals surface area contributed by atoms with E-state index in [0.29, 0.717) is 5.56 Å². The number of Topliss-reactive ketones (excluding diaryl/α,β-unsaturated/α-hetero) is 1. The van der Waals surface area contributed by atoms with E-state index in [1.165, 1.54) is 18.2 Å². The van der Waals surface area contributed by atoms with Gasteiger partial charge >= 0.3 is 0 Å². The van der Waals surface area contributed by atoms with E-state index >= 15 is 0 Å². The maximum absolute atomic E-state index is 11.8. The van der Waals surface area contributed by atoms with Crippen molar-refractivity contribution in [2.24, 2.45) is 0 Å². The second kappa shape index (κ2) is 5.55. The van der Waals surface area contributed by atoms with Gasteiger partial charge in [0.15, 0.2) is 17.3 Å². The van der Waals surface area contributed by atoms with Crippen molar-refractivity contribution in [3.63, 3.8) is 0 Å². The Morgan fingerprint density at radius 2 is 2.06 bits per heavy atom. The van der Waals surface area contributed by atoms with Crippen molar-refractivity contribution < 1.29 is 15.0 Å². The van der Waals surface area contributed by atoms with Crippen LogP contribution in [-0.2, 0) is 6.54 Å². The first-order chi connectivity index (χ1) is 8.06. The summed E-state index contributed by atoms with van der Waals surface area (Å²) in [7, 11) is 0. The van der Waals surface area contributed by atoms with E-state index < -0.39 is 0 Å². The van der Waals surface area contributed by atoms with E-state index in [1.54, 1.807) is 17.1 Å². The molecule has 1 aromatic carbocycles. The molecule has 2 N–H and O–H groups in total. The van der Waals surface area contributed by atoms with Crippen LogP contribution in [0.4, 0.5) is 0 Å². The lowest BCUT2D eigenvalue weighted by Gasteiger charge is -2.03. The van der Waals surface area contributed by atoms with Crippen LogP contribution < -0.4 is 0 Å². The molecule has 18 heavy (non-hydrogen) atoms. The Bertz CT molecular complexity index is 566. The van der Waals surface area contributed by atoms with Gasteiger partial charge in [-0.15, -0.1) is 12.4 Å². The normalized spacial score (nSPS) is 9.83. The number of halogens is 1. The Hall–Kier alpha value is -2.01. The topological polar surface area (TPSA) is 75.4 Å². The van der Waals surface area contributed by atoms with Gasteiger partial charge in [0.05, 0.1) is 18.6 Å². The van der Waals surface area contributed by atoms with Gasteiger partial charge in [0.2, 0.25) is 0 Å². The van der Waals surface area contributed by atoms with Gasteiger partial charge in [0.1, 0.15) is 0 Å². The van der Waals surface area contributed by atoms with E-state index in [9.17, 15) is 9.90 Å². The van der Waals surface area contributed by atoms with Gasteiger partial charge in [-0.25, -0.2) is 4.98 Å². The molecular weight excluding hydrogens is 256 g/mol. The zero-order chi connectivity index (χ0) is 12.4. The molecule has 0 aliphatic heterocycles. The molecule has 0 aliphatic carbocycles. The van der Waals surface area contributed by atoms with Crippen LogP contribution in [0.25, 0.3) is 0 Å². The van der Waals surface area contributed by atoms with Gasteiger partial charge in [0, 0.05) is 11.8 Å². The molecule has 5 nitrogen and oxygen atoms in total. The van der Waals surface area contributed by atoms with Crippen LogP contribution in [0.5, 0.6) is 11.5 Å². The molecule has 0 saturated heterocycles. The number of carbonyl (C=O) groups excluding carboxylic acids is 1. The van der Waals surface area contributed by atoms with Crippen molar-refractivity contribution in [2.75, 3.05) is 0 Å². The third-order valence-corrected chi connectivity index (χ3v) is 2.39. The molecule has 1 heterocycles. The zero-order valence-corrected chi connectivity index (χ0v) is 10.5. The first-order valence-electron chi connectivity index (χ1n) is 5.10. The Balaban J connectivity index is 0.00000162. The van der Waals surface area contributed by atoms with Crippen LogP contribution >= 0.6 is 12.4 Å². The van der Waals surface area contributed by atoms with Crippen LogP contribution in [0.3, 0.4) is 0 Å². The second-order valence-electron chi connectivity index (χ2n) is 3.81. The molecule has 0 aliphatic rings. The van der Waals surface area contributed by atoms with Crippen LogP contribution in [-0.4, -0.2) is 25.5 Å². The van der Waals surface area contributed by atoms with E-state index in [0.717, 1.165) is 5.69 Å². The lowest BCUT2D eigenvalue weighted by molar-refractivity contribution is 0.0971. The summed E-state index contributed by atoms with van der Waals surface area (Å²) in [5.74, 6) is -0.685. The molecule has 0 amide bonds. The second-order valence-corrected chi connectivity index (χ2v) is 3.81. The summed E-state index contributed by atoms with van der Waals surface area (Å²) in [6, 6.07) is 4.02. The molecule has 96 valence electrons. The number of carbonyl (C=O) groups is 1. The maximum atomic E-state index is 11.8. The fraction of sp³-hybridized carbons (Fsp3) is 0.167. The number of hydrogen-bond donors (Lipinski definition) is 2. The number of benzene rings is 1. The van der Waals surface area contributed by atoms with Crippen molar-refractivity contribution in [3.05, 3.63) is 42.0 Å². The van der Waals surface area contributed by atoms with Crippen molar-refractivity contribution >= 4 is 18.2 Å². The van der Waals surface area contributed by atoms with Crippen LogP contribution in [0.1, 0.15) is 16.1 Å². The first kappa shape index (κ1) is 14.1. The standard InChI is InChI=1S/C12H12N2O3.ClH/c1-8-5-14(7-13-8)6-12(17)9-2-3-10(15)11(16)4-9;/h2-5,7,15-16H,6H2,1H3;1H. The minimum absolute atomic E-state index is 0. The summed E-state index contributed by atoms with van der Waals surface area (Å²) in [5, 5.41) is 18.4. The van der Waals surface area contributed by atoms with Crippen molar-refractivity contribution in [2.45, 2.75) is 13.5 Å². The number of aryl methyl sites for hydroxylation is 1. The van der Waals surface area contributed by atoms with Gasteiger partial charge in [0.25, 0.3) is 0 Å². The summed E-state index contributed by atoms with van der Waals surface area (Å²) >= 11 is 0. The maximum Gasteiger partial charge on any atom is 0.182 e. The highest BCUT2D eigenvalue weighted by molar-refractivity contribution is 5.96. The van der Waals surface area contributed by atoms with Gasteiger partial charge in [-0.3, -0.25) is 4.79 Å².